The summed E-state index contributed by atoms with van der Waals surface area (Å²) in [6.07, 6.45) is 1.78. The fourth-order valence-corrected chi connectivity index (χ4v) is 6.84. The van der Waals surface area contributed by atoms with E-state index in [1.165, 1.54) is 41.8 Å². The van der Waals surface area contributed by atoms with Gasteiger partial charge in [0.15, 0.2) is 5.66 Å². The van der Waals surface area contributed by atoms with Gasteiger partial charge in [-0.1, -0.05) is 24.2 Å². The number of fused-ring (bicyclic) bond motifs is 1. The lowest BCUT2D eigenvalue weighted by molar-refractivity contribution is -0.384. The van der Waals surface area contributed by atoms with Crippen molar-refractivity contribution in [3.8, 4) is 0 Å². The first-order valence-electron chi connectivity index (χ1n) is 9.59. The van der Waals surface area contributed by atoms with Crippen LogP contribution in [0.1, 0.15) is 17.6 Å². The molecule has 1 amide bonds. The van der Waals surface area contributed by atoms with E-state index in [0.29, 0.717) is 22.4 Å². The van der Waals surface area contributed by atoms with Crippen molar-refractivity contribution in [1.29, 1.82) is 0 Å². The Morgan fingerprint density at radius 1 is 1.28 bits per heavy atom. The lowest BCUT2D eigenvalue weighted by Gasteiger charge is -2.31. The van der Waals surface area contributed by atoms with E-state index >= 15 is 0 Å². The molecular weight excluding hydrogens is 475 g/mol. The number of carbonyl (C=O) groups is 1. The van der Waals surface area contributed by atoms with Gasteiger partial charge in [0.1, 0.15) is 0 Å². The molecule has 1 saturated heterocycles. The van der Waals surface area contributed by atoms with Crippen LogP contribution >= 0.6 is 30.5 Å². The molecule has 8 nitrogen and oxygen atoms in total. The lowest BCUT2D eigenvalue weighted by atomic mass is 10.1. The molecule has 1 atom stereocenters. The Kier molecular flexibility index (Phi) is 6.46. The van der Waals surface area contributed by atoms with E-state index in [4.69, 9.17) is 20.6 Å². The number of carbonyl (C=O) groups excluding carboxylic acids is 1. The highest BCUT2D eigenvalue weighted by Crippen LogP contribution is 2.64. The normalized spacial score (nSPS) is 16.4. The summed E-state index contributed by atoms with van der Waals surface area (Å²) in [5.41, 5.74) is -0.819. The maximum absolute atomic E-state index is 13.8. The molecule has 0 saturated carbocycles. The van der Waals surface area contributed by atoms with Gasteiger partial charge < -0.3 is 9.05 Å². The number of amides is 1. The Balaban J connectivity index is 1.85. The van der Waals surface area contributed by atoms with Crippen LogP contribution in [-0.4, -0.2) is 24.0 Å². The standard InChI is InChI=1S/C21H18ClN2O6PS/c1-2-23(15-5-3-6-16(12-15)24(26)27)21(25)20(31(28)29-9-4-10-30-31)18-13-32-19-8-7-14(22)11-17(18)19/h2-3,5-8,11-13,20H,1,4,9-10H2. The molecule has 0 radical (unpaired) electrons. The van der Waals surface area contributed by atoms with Gasteiger partial charge in [0.05, 0.1) is 23.8 Å². The molecule has 11 heteroatoms. The fourth-order valence-electron chi connectivity index (χ4n) is 3.51. The van der Waals surface area contributed by atoms with Crippen molar-refractivity contribution < 1.29 is 23.3 Å². The minimum Gasteiger partial charge on any atom is -0.308 e. The van der Waals surface area contributed by atoms with E-state index in [-0.39, 0.29) is 24.6 Å². The van der Waals surface area contributed by atoms with Gasteiger partial charge in [-0.3, -0.25) is 24.4 Å². The molecule has 1 aliphatic rings. The van der Waals surface area contributed by atoms with Crippen LogP contribution in [0.5, 0.6) is 0 Å². The highest BCUT2D eigenvalue weighted by molar-refractivity contribution is 7.55. The van der Waals surface area contributed by atoms with Gasteiger partial charge in [-0.15, -0.1) is 11.3 Å². The van der Waals surface area contributed by atoms with E-state index in [1.807, 2.05) is 6.07 Å². The lowest BCUT2D eigenvalue weighted by Crippen LogP contribution is -2.32. The van der Waals surface area contributed by atoms with Gasteiger partial charge in [0.25, 0.3) is 11.6 Å². The summed E-state index contributed by atoms with van der Waals surface area (Å²) in [5.74, 6) is -0.634. The molecule has 1 aliphatic heterocycles. The molecule has 0 spiro atoms. The smallest absolute Gasteiger partial charge is 0.308 e. The number of anilines is 1. The highest BCUT2D eigenvalue weighted by Gasteiger charge is 2.47. The highest BCUT2D eigenvalue weighted by atomic mass is 35.5. The number of thiophene rings is 1. The first-order chi connectivity index (χ1) is 15.3. The van der Waals surface area contributed by atoms with Crippen LogP contribution in [0.4, 0.5) is 11.4 Å². The van der Waals surface area contributed by atoms with Gasteiger partial charge in [0.2, 0.25) is 0 Å². The SMILES string of the molecule is C=CN(C(=O)C(c1csc2ccc(Cl)cc12)P1(=O)OCCCO1)c1cccc([N+](=O)[O-])c1. The molecular formula is C21H18ClN2O6PS. The predicted octanol–water partition coefficient (Wildman–Crippen LogP) is 6.31. The first kappa shape index (κ1) is 22.6. The second-order valence-corrected chi connectivity index (χ2v) is 10.4. The summed E-state index contributed by atoms with van der Waals surface area (Å²) >= 11 is 7.56. The van der Waals surface area contributed by atoms with Crippen LogP contribution in [0.15, 0.2) is 60.6 Å². The molecule has 2 aromatic carbocycles. The summed E-state index contributed by atoms with van der Waals surface area (Å²) in [7, 11) is -3.92. The van der Waals surface area contributed by atoms with Crippen molar-refractivity contribution in [2.24, 2.45) is 0 Å². The first-order valence-corrected chi connectivity index (χ1v) is 12.5. The molecule has 0 aliphatic carbocycles. The van der Waals surface area contributed by atoms with E-state index in [0.717, 1.165) is 9.60 Å². The minimum absolute atomic E-state index is 0.189. The number of nitro groups is 1. The number of non-ortho nitro benzene ring substituents is 1. The second kappa shape index (κ2) is 9.13. The number of benzene rings is 2. The van der Waals surface area contributed by atoms with Crippen LogP contribution in [0.3, 0.4) is 0 Å². The Morgan fingerprint density at radius 3 is 2.72 bits per heavy atom. The molecule has 0 N–H and O–H groups in total. The van der Waals surface area contributed by atoms with E-state index in [1.54, 1.807) is 17.5 Å². The van der Waals surface area contributed by atoms with Crippen molar-refractivity contribution in [3.05, 3.63) is 81.3 Å². The Hall–Kier alpha value is -2.55. The molecule has 1 fully saturated rings. The third-order valence-corrected chi connectivity index (χ3v) is 8.41. The Labute approximate surface area is 192 Å². The fraction of sp³-hybridized carbons (Fsp3) is 0.190. The molecule has 3 aromatic rings. The number of rotatable bonds is 6. The molecule has 166 valence electrons. The average Bonchev–Trinajstić information content (AvgIpc) is 3.17. The van der Waals surface area contributed by atoms with Gasteiger partial charge in [-0.25, -0.2) is 0 Å². The molecule has 1 unspecified atom stereocenters. The predicted molar refractivity (Wildman–Crippen MR) is 124 cm³/mol. The monoisotopic (exact) mass is 492 g/mol. The van der Waals surface area contributed by atoms with Gasteiger partial charge in [0, 0.05) is 28.1 Å². The minimum atomic E-state index is -3.92. The summed E-state index contributed by atoms with van der Waals surface area (Å²) in [5, 5.41) is 14.1. The number of hydrogen-bond donors (Lipinski definition) is 0. The molecule has 1 aromatic heterocycles. The number of nitrogens with zero attached hydrogens (tertiary/aromatic N) is 2. The summed E-state index contributed by atoms with van der Waals surface area (Å²) in [4.78, 5) is 25.6. The summed E-state index contributed by atoms with van der Waals surface area (Å²) in [6, 6.07) is 10.8. The molecule has 32 heavy (non-hydrogen) atoms. The summed E-state index contributed by atoms with van der Waals surface area (Å²) < 4.78 is 25.7. The number of hydrogen-bond acceptors (Lipinski definition) is 7. The van der Waals surface area contributed by atoms with Crippen molar-refractivity contribution >= 4 is 57.9 Å². The third kappa shape index (κ3) is 4.22. The Morgan fingerprint density at radius 2 is 2.03 bits per heavy atom. The number of nitro benzene ring substituents is 1. The largest absolute Gasteiger partial charge is 0.347 e. The molecule has 4 rings (SSSR count). The zero-order chi connectivity index (χ0) is 22.9. The summed E-state index contributed by atoms with van der Waals surface area (Å²) in [6.45, 7) is 4.06. The van der Waals surface area contributed by atoms with Crippen LogP contribution in [0.2, 0.25) is 5.02 Å². The molecule has 2 heterocycles. The van der Waals surface area contributed by atoms with Crippen molar-refractivity contribution in [1.82, 2.24) is 0 Å². The van der Waals surface area contributed by atoms with E-state index in [9.17, 15) is 19.5 Å². The topological polar surface area (TPSA) is 99.0 Å². The van der Waals surface area contributed by atoms with Crippen molar-refractivity contribution in [2.45, 2.75) is 12.1 Å². The van der Waals surface area contributed by atoms with Gasteiger partial charge >= 0.3 is 7.60 Å². The Bertz CT molecular complexity index is 1250. The van der Waals surface area contributed by atoms with E-state index < -0.39 is 24.1 Å². The van der Waals surface area contributed by atoms with Crippen LogP contribution in [0.25, 0.3) is 10.1 Å². The number of halogens is 1. The third-order valence-electron chi connectivity index (χ3n) is 4.98. The van der Waals surface area contributed by atoms with Crippen LogP contribution in [-0.2, 0) is 18.4 Å². The maximum atomic E-state index is 13.8. The van der Waals surface area contributed by atoms with Crippen molar-refractivity contribution in [3.63, 3.8) is 0 Å². The van der Waals surface area contributed by atoms with Gasteiger partial charge in [-0.2, -0.15) is 0 Å². The zero-order valence-electron chi connectivity index (χ0n) is 16.7. The zero-order valence-corrected chi connectivity index (χ0v) is 19.1. The van der Waals surface area contributed by atoms with Crippen molar-refractivity contribution in [2.75, 3.05) is 18.1 Å². The van der Waals surface area contributed by atoms with Crippen LogP contribution in [0, 0.1) is 10.1 Å². The molecule has 0 bridgehead atoms. The maximum Gasteiger partial charge on any atom is 0.347 e. The van der Waals surface area contributed by atoms with Crippen LogP contribution < -0.4 is 4.90 Å². The van der Waals surface area contributed by atoms with Gasteiger partial charge in [-0.05, 0) is 47.0 Å². The average molecular weight is 493 g/mol. The van der Waals surface area contributed by atoms with E-state index in [2.05, 4.69) is 6.58 Å². The quantitative estimate of drug-likeness (QED) is 0.227. The second-order valence-electron chi connectivity index (χ2n) is 6.96.